The molecule has 0 spiro atoms. The van der Waals surface area contributed by atoms with Gasteiger partial charge in [-0.25, -0.2) is 0 Å². The molecule has 76 valence electrons. The van der Waals surface area contributed by atoms with E-state index in [1.165, 1.54) is 5.56 Å². The van der Waals surface area contributed by atoms with Crippen LogP contribution in [0.3, 0.4) is 0 Å². The van der Waals surface area contributed by atoms with Gasteiger partial charge in [0.05, 0.1) is 0 Å². The molecule has 0 heterocycles. The smallest absolute Gasteiger partial charge is 0.213 e. The van der Waals surface area contributed by atoms with Crippen molar-refractivity contribution in [2.45, 2.75) is 6.54 Å². The Hall–Kier alpha value is -1.35. The fourth-order valence-corrected chi connectivity index (χ4v) is 1.30. The Morgan fingerprint density at radius 3 is 2.57 bits per heavy atom. The van der Waals surface area contributed by atoms with Crippen molar-refractivity contribution in [1.29, 1.82) is 0 Å². The van der Waals surface area contributed by atoms with Crippen LogP contribution in [-0.4, -0.2) is 32.5 Å². The van der Waals surface area contributed by atoms with E-state index in [2.05, 4.69) is 11.0 Å². The number of carbonyl (C=O) groups is 1. The van der Waals surface area contributed by atoms with Gasteiger partial charge >= 0.3 is 0 Å². The first-order valence-corrected chi connectivity index (χ1v) is 4.55. The first-order valence-electron chi connectivity index (χ1n) is 4.55. The Balaban J connectivity index is 2.83. The molecule has 14 heavy (non-hydrogen) atoms. The Labute approximate surface area is 84.9 Å². The molecule has 0 atom stereocenters. The molecule has 0 fully saturated rings. The molecule has 0 saturated carbocycles. The van der Waals surface area contributed by atoms with Crippen molar-refractivity contribution in [2.75, 3.05) is 26.0 Å². The number of nitrogens with zero attached hydrogens (tertiary/aromatic N) is 2. The quantitative estimate of drug-likeness (QED) is 0.672. The summed E-state index contributed by atoms with van der Waals surface area (Å²) in [6.07, 6.45) is 0.814. The number of hydrogen-bond donors (Lipinski definition) is 0. The second-order valence-corrected chi connectivity index (χ2v) is 3.62. The van der Waals surface area contributed by atoms with Crippen molar-refractivity contribution >= 4 is 12.1 Å². The zero-order valence-electron chi connectivity index (χ0n) is 8.90. The minimum atomic E-state index is 0.814. The minimum absolute atomic E-state index is 0.814. The van der Waals surface area contributed by atoms with Crippen LogP contribution in [-0.2, 0) is 11.3 Å². The van der Waals surface area contributed by atoms with E-state index in [4.69, 9.17) is 0 Å². The molecular formula is C11H16N2O. The first-order chi connectivity index (χ1) is 6.63. The van der Waals surface area contributed by atoms with Crippen molar-refractivity contribution in [1.82, 2.24) is 4.90 Å². The molecular weight excluding hydrogens is 176 g/mol. The minimum Gasteiger partial charge on any atom is -0.318 e. The van der Waals surface area contributed by atoms with Crippen LogP contribution in [0.1, 0.15) is 5.56 Å². The second-order valence-electron chi connectivity index (χ2n) is 3.62. The molecule has 0 aliphatic rings. The Bertz CT molecular complexity index is 310. The van der Waals surface area contributed by atoms with Gasteiger partial charge in [0.1, 0.15) is 0 Å². The summed E-state index contributed by atoms with van der Waals surface area (Å²) in [5, 5.41) is 0. The Morgan fingerprint density at radius 1 is 1.29 bits per heavy atom. The number of rotatable bonds is 4. The fraction of sp³-hybridized carbons (Fsp3) is 0.364. The molecule has 0 radical (unpaired) electrons. The first kappa shape index (κ1) is 10.7. The maximum atomic E-state index is 10.6. The molecule has 0 aliphatic carbocycles. The molecule has 1 amide bonds. The summed E-state index contributed by atoms with van der Waals surface area (Å²) in [5.74, 6) is 0. The average molecular weight is 192 g/mol. The van der Waals surface area contributed by atoms with E-state index in [0.717, 1.165) is 18.6 Å². The Morgan fingerprint density at radius 2 is 2.00 bits per heavy atom. The van der Waals surface area contributed by atoms with Gasteiger partial charge in [-0.05, 0) is 31.8 Å². The van der Waals surface area contributed by atoms with E-state index in [1.807, 2.05) is 32.3 Å². The number of carbonyl (C=O) groups excluding carboxylic acids is 1. The van der Waals surface area contributed by atoms with Crippen molar-refractivity contribution < 1.29 is 4.79 Å². The van der Waals surface area contributed by atoms with E-state index >= 15 is 0 Å². The molecule has 1 aromatic rings. The van der Waals surface area contributed by atoms with Gasteiger partial charge in [-0.1, -0.05) is 12.1 Å². The van der Waals surface area contributed by atoms with E-state index in [0.29, 0.717) is 0 Å². The zero-order chi connectivity index (χ0) is 10.6. The highest BCUT2D eigenvalue weighted by Crippen LogP contribution is 2.14. The lowest BCUT2D eigenvalue weighted by molar-refractivity contribution is -0.107. The normalized spacial score (nSPS) is 10.3. The third-order valence-electron chi connectivity index (χ3n) is 1.97. The van der Waals surface area contributed by atoms with Crippen LogP contribution in [0.25, 0.3) is 0 Å². The highest BCUT2D eigenvalue weighted by Gasteiger charge is 2.00. The lowest BCUT2D eigenvalue weighted by atomic mass is 10.2. The highest BCUT2D eigenvalue weighted by atomic mass is 16.1. The SMILES string of the molecule is CN(C)Cc1cccc(N(C)C=O)c1. The molecule has 0 N–H and O–H groups in total. The van der Waals surface area contributed by atoms with Crippen LogP contribution in [0.15, 0.2) is 24.3 Å². The lowest BCUT2D eigenvalue weighted by Crippen LogP contribution is -2.15. The molecule has 1 rings (SSSR count). The van der Waals surface area contributed by atoms with Gasteiger partial charge in [0.25, 0.3) is 0 Å². The Kier molecular flexibility index (Phi) is 3.65. The van der Waals surface area contributed by atoms with Gasteiger partial charge < -0.3 is 9.80 Å². The van der Waals surface area contributed by atoms with Gasteiger partial charge in [-0.15, -0.1) is 0 Å². The summed E-state index contributed by atoms with van der Waals surface area (Å²) in [5.41, 5.74) is 2.14. The summed E-state index contributed by atoms with van der Waals surface area (Å²) in [6.45, 7) is 0.889. The second kappa shape index (κ2) is 4.77. The van der Waals surface area contributed by atoms with Crippen LogP contribution >= 0.6 is 0 Å². The van der Waals surface area contributed by atoms with E-state index in [1.54, 1.807) is 11.9 Å². The predicted molar refractivity (Wildman–Crippen MR) is 58.3 cm³/mol. The number of anilines is 1. The van der Waals surface area contributed by atoms with Crippen molar-refractivity contribution in [3.05, 3.63) is 29.8 Å². The predicted octanol–water partition coefficient (Wildman–Crippen LogP) is 1.34. The van der Waals surface area contributed by atoms with Gasteiger partial charge in [0, 0.05) is 19.3 Å². The summed E-state index contributed by atoms with van der Waals surface area (Å²) in [6, 6.07) is 7.97. The highest BCUT2D eigenvalue weighted by molar-refractivity contribution is 5.74. The topological polar surface area (TPSA) is 23.6 Å². The molecule has 0 saturated heterocycles. The van der Waals surface area contributed by atoms with E-state index in [-0.39, 0.29) is 0 Å². The largest absolute Gasteiger partial charge is 0.318 e. The lowest BCUT2D eigenvalue weighted by Gasteiger charge is -2.14. The molecule has 0 aromatic heterocycles. The van der Waals surface area contributed by atoms with Crippen LogP contribution in [0.2, 0.25) is 0 Å². The summed E-state index contributed by atoms with van der Waals surface area (Å²) >= 11 is 0. The van der Waals surface area contributed by atoms with Gasteiger partial charge in [0.2, 0.25) is 6.41 Å². The van der Waals surface area contributed by atoms with Crippen LogP contribution < -0.4 is 4.90 Å². The van der Waals surface area contributed by atoms with E-state index < -0.39 is 0 Å². The van der Waals surface area contributed by atoms with Crippen molar-refractivity contribution in [3.8, 4) is 0 Å². The number of amides is 1. The van der Waals surface area contributed by atoms with Crippen LogP contribution in [0, 0.1) is 0 Å². The van der Waals surface area contributed by atoms with Gasteiger partial charge in [-0.2, -0.15) is 0 Å². The van der Waals surface area contributed by atoms with E-state index in [9.17, 15) is 4.79 Å². The molecule has 0 unspecified atom stereocenters. The zero-order valence-corrected chi connectivity index (χ0v) is 8.90. The maximum Gasteiger partial charge on any atom is 0.213 e. The number of hydrogen-bond acceptors (Lipinski definition) is 2. The van der Waals surface area contributed by atoms with Crippen molar-refractivity contribution in [2.24, 2.45) is 0 Å². The fourth-order valence-electron chi connectivity index (χ4n) is 1.30. The maximum absolute atomic E-state index is 10.6. The van der Waals surface area contributed by atoms with Gasteiger partial charge in [-0.3, -0.25) is 4.79 Å². The monoisotopic (exact) mass is 192 g/mol. The summed E-state index contributed by atoms with van der Waals surface area (Å²) in [7, 11) is 5.80. The third kappa shape index (κ3) is 2.85. The molecule has 0 bridgehead atoms. The molecule has 3 heteroatoms. The molecule has 0 aliphatic heterocycles. The van der Waals surface area contributed by atoms with Gasteiger partial charge in [0.15, 0.2) is 0 Å². The van der Waals surface area contributed by atoms with Crippen LogP contribution in [0.5, 0.6) is 0 Å². The van der Waals surface area contributed by atoms with Crippen LogP contribution in [0.4, 0.5) is 5.69 Å². The standard InChI is InChI=1S/C11H16N2O/c1-12(2)8-10-5-4-6-11(7-10)13(3)9-14/h4-7,9H,8H2,1-3H3. The number of benzene rings is 1. The third-order valence-corrected chi connectivity index (χ3v) is 1.97. The summed E-state index contributed by atoms with van der Waals surface area (Å²) < 4.78 is 0. The average Bonchev–Trinajstić information content (AvgIpc) is 2.16. The molecule has 3 nitrogen and oxygen atoms in total. The molecule has 1 aromatic carbocycles. The summed E-state index contributed by atoms with van der Waals surface area (Å²) in [4.78, 5) is 14.2. The van der Waals surface area contributed by atoms with Crippen molar-refractivity contribution in [3.63, 3.8) is 0 Å².